The van der Waals surface area contributed by atoms with Gasteiger partial charge in [0.2, 0.25) is 0 Å². The van der Waals surface area contributed by atoms with Gasteiger partial charge in [-0.3, -0.25) is 0 Å². The summed E-state index contributed by atoms with van der Waals surface area (Å²) in [4.78, 5) is 2.43. The number of aliphatic hydroxyl groups excluding tert-OH is 1. The van der Waals surface area contributed by atoms with Crippen LogP contribution in [0.3, 0.4) is 0 Å². The molecule has 1 atom stereocenters. The molecule has 0 spiro atoms. The van der Waals surface area contributed by atoms with E-state index in [9.17, 15) is 0 Å². The first-order valence-electron chi connectivity index (χ1n) is 5.85. The van der Waals surface area contributed by atoms with Crippen molar-refractivity contribution in [1.29, 1.82) is 0 Å². The summed E-state index contributed by atoms with van der Waals surface area (Å²) in [6, 6.07) is 6.22. The Labute approximate surface area is 105 Å². The van der Waals surface area contributed by atoms with Crippen molar-refractivity contribution in [1.82, 2.24) is 0 Å². The molecule has 1 saturated heterocycles. The summed E-state index contributed by atoms with van der Waals surface area (Å²) in [5.74, 6) is 0.782. The van der Waals surface area contributed by atoms with Crippen LogP contribution < -0.4 is 4.90 Å². The second kappa shape index (κ2) is 5.19. The van der Waals surface area contributed by atoms with E-state index in [-0.39, 0.29) is 6.61 Å². The van der Waals surface area contributed by atoms with Gasteiger partial charge in [-0.05, 0) is 36.5 Å². The van der Waals surface area contributed by atoms with Gasteiger partial charge in [-0.2, -0.15) is 0 Å². The lowest BCUT2D eigenvalue weighted by Gasteiger charge is -2.33. The number of rotatable bonds is 2. The van der Waals surface area contributed by atoms with Crippen molar-refractivity contribution in [2.24, 2.45) is 5.92 Å². The molecule has 0 amide bonds. The number of hydrogen-bond acceptors (Lipinski definition) is 2. The molecule has 0 aromatic heterocycles. The number of anilines is 1. The molecular weight excluding hydrogens is 266 g/mol. The fraction of sp³-hybridized carbons (Fsp3) is 0.538. The maximum atomic E-state index is 9.12. The van der Waals surface area contributed by atoms with Crippen LogP contribution in [0.5, 0.6) is 0 Å². The van der Waals surface area contributed by atoms with Crippen molar-refractivity contribution in [3.05, 3.63) is 28.2 Å². The molecule has 1 fully saturated rings. The van der Waals surface area contributed by atoms with Gasteiger partial charge < -0.3 is 10.0 Å². The molecule has 1 aliphatic heterocycles. The van der Waals surface area contributed by atoms with E-state index in [0.29, 0.717) is 0 Å². The van der Waals surface area contributed by atoms with Gasteiger partial charge in [-0.25, -0.2) is 0 Å². The summed E-state index contributed by atoms with van der Waals surface area (Å²) in [6.07, 6.45) is 2.62. The van der Waals surface area contributed by atoms with Gasteiger partial charge in [0.15, 0.2) is 0 Å². The predicted octanol–water partition coefficient (Wildman–Crippen LogP) is 3.18. The molecule has 1 aromatic rings. The standard InChI is InChI=1S/C13H18BrNO/c1-10-3-2-6-15(8-10)12-5-4-11(9-16)13(14)7-12/h4-5,7,10,16H,2-3,6,8-9H2,1H3. The summed E-state index contributed by atoms with van der Waals surface area (Å²) in [7, 11) is 0. The summed E-state index contributed by atoms with van der Waals surface area (Å²) in [5, 5.41) is 9.12. The van der Waals surface area contributed by atoms with E-state index in [2.05, 4.69) is 39.9 Å². The van der Waals surface area contributed by atoms with E-state index in [1.54, 1.807) is 0 Å². The van der Waals surface area contributed by atoms with E-state index in [1.165, 1.54) is 18.5 Å². The van der Waals surface area contributed by atoms with Crippen molar-refractivity contribution >= 4 is 21.6 Å². The van der Waals surface area contributed by atoms with Crippen molar-refractivity contribution in [2.75, 3.05) is 18.0 Å². The van der Waals surface area contributed by atoms with Gasteiger partial charge in [0.05, 0.1) is 6.61 Å². The van der Waals surface area contributed by atoms with E-state index in [4.69, 9.17) is 5.11 Å². The van der Waals surface area contributed by atoms with Gasteiger partial charge in [0.25, 0.3) is 0 Å². The number of aliphatic hydroxyl groups is 1. The molecule has 1 heterocycles. The zero-order chi connectivity index (χ0) is 11.5. The second-order valence-corrected chi connectivity index (χ2v) is 5.48. The molecule has 0 radical (unpaired) electrons. The molecule has 88 valence electrons. The molecule has 0 bridgehead atoms. The van der Waals surface area contributed by atoms with Crippen LogP contribution >= 0.6 is 15.9 Å². The molecule has 2 nitrogen and oxygen atoms in total. The zero-order valence-electron chi connectivity index (χ0n) is 9.62. The second-order valence-electron chi connectivity index (χ2n) is 4.63. The van der Waals surface area contributed by atoms with E-state index < -0.39 is 0 Å². The topological polar surface area (TPSA) is 23.5 Å². The fourth-order valence-corrected chi connectivity index (χ4v) is 2.78. The Morgan fingerprint density at radius 2 is 2.31 bits per heavy atom. The minimum Gasteiger partial charge on any atom is -0.392 e. The van der Waals surface area contributed by atoms with Gasteiger partial charge >= 0.3 is 0 Å². The number of piperidine rings is 1. The first-order valence-corrected chi connectivity index (χ1v) is 6.64. The molecule has 1 unspecified atom stereocenters. The highest BCUT2D eigenvalue weighted by molar-refractivity contribution is 9.10. The largest absolute Gasteiger partial charge is 0.392 e. The normalized spacial score (nSPS) is 21.2. The summed E-state index contributed by atoms with van der Waals surface area (Å²) in [6.45, 7) is 4.70. The van der Waals surface area contributed by atoms with Crippen LogP contribution in [0.25, 0.3) is 0 Å². The van der Waals surface area contributed by atoms with Crippen molar-refractivity contribution in [3.8, 4) is 0 Å². The molecule has 0 saturated carbocycles. The van der Waals surface area contributed by atoms with Crippen molar-refractivity contribution in [2.45, 2.75) is 26.4 Å². The molecular formula is C13H18BrNO. The van der Waals surface area contributed by atoms with E-state index in [1.807, 2.05) is 6.07 Å². The van der Waals surface area contributed by atoms with Crippen LogP contribution in [0.15, 0.2) is 22.7 Å². The first-order chi connectivity index (χ1) is 7.70. The zero-order valence-corrected chi connectivity index (χ0v) is 11.2. The van der Waals surface area contributed by atoms with Gasteiger partial charge in [-0.1, -0.05) is 28.9 Å². The molecule has 1 aliphatic rings. The summed E-state index contributed by atoms with van der Waals surface area (Å²) < 4.78 is 1.01. The molecule has 1 N–H and O–H groups in total. The monoisotopic (exact) mass is 283 g/mol. The lowest BCUT2D eigenvalue weighted by Crippen LogP contribution is -2.34. The minimum absolute atomic E-state index is 0.0945. The third-order valence-electron chi connectivity index (χ3n) is 3.23. The van der Waals surface area contributed by atoms with Crippen molar-refractivity contribution in [3.63, 3.8) is 0 Å². The Kier molecular flexibility index (Phi) is 3.87. The molecule has 16 heavy (non-hydrogen) atoms. The Bertz CT molecular complexity index is 367. The predicted molar refractivity (Wildman–Crippen MR) is 70.7 cm³/mol. The highest BCUT2D eigenvalue weighted by atomic mass is 79.9. The maximum absolute atomic E-state index is 9.12. The molecule has 2 rings (SSSR count). The highest BCUT2D eigenvalue weighted by Gasteiger charge is 2.16. The van der Waals surface area contributed by atoms with Gasteiger partial charge in [0, 0.05) is 23.2 Å². The Morgan fingerprint density at radius 1 is 1.50 bits per heavy atom. The van der Waals surface area contributed by atoms with Crippen LogP contribution in [-0.2, 0) is 6.61 Å². The van der Waals surface area contributed by atoms with Crippen LogP contribution in [0.4, 0.5) is 5.69 Å². The highest BCUT2D eigenvalue weighted by Crippen LogP contribution is 2.27. The Balaban J connectivity index is 2.17. The SMILES string of the molecule is CC1CCCN(c2ccc(CO)c(Br)c2)C1. The van der Waals surface area contributed by atoms with Crippen LogP contribution in [0, 0.1) is 5.92 Å². The van der Waals surface area contributed by atoms with Crippen LogP contribution in [0.1, 0.15) is 25.3 Å². The Morgan fingerprint density at radius 3 is 2.94 bits per heavy atom. The lowest BCUT2D eigenvalue weighted by atomic mass is 9.99. The van der Waals surface area contributed by atoms with E-state index >= 15 is 0 Å². The minimum atomic E-state index is 0.0945. The summed E-state index contributed by atoms with van der Waals surface area (Å²) >= 11 is 3.50. The third kappa shape index (κ3) is 2.58. The third-order valence-corrected chi connectivity index (χ3v) is 3.97. The summed E-state index contributed by atoms with van der Waals surface area (Å²) in [5.41, 5.74) is 2.21. The van der Waals surface area contributed by atoms with Crippen LogP contribution in [0.2, 0.25) is 0 Å². The van der Waals surface area contributed by atoms with Crippen molar-refractivity contribution < 1.29 is 5.11 Å². The average molecular weight is 284 g/mol. The molecule has 0 aliphatic carbocycles. The maximum Gasteiger partial charge on any atom is 0.0692 e. The smallest absolute Gasteiger partial charge is 0.0692 e. The Hall–Kier alpha value is -0.540. The quantitative estimate of drug-likeness (QED) is 0.901. The van der Waals surface area contributed by atoms with Gasteiger partial charge in [-0.15, -0.1) is 0 Å². The molecule has 3 heteroatoms. The number of hydrogen-bond donors (Lipinski definition) is 1. The fourth-order valence-electron chi connectivity index (χ4n) is 2.29. The van der Waals surface area contributed by atoms with Gasteiger partial charge in [0.1, 0.15) is 0 Å². The van der Waals surface area contributed by atoms with E-state index in [0.717, 1.165) is 29.0 Å². The number of halogens is 1. The average Bonchev–Trinajstić information content (AvgIpc) is 2.29. The lowest BCUT2D eigenvalue weighted by molar-refractivity contribution is 0.281. The van der Waals surface area contributed by atoms with Crippen LogP contribution in [-0.4, -0.2) is 18.2 Å². The first kappa shape index (κ1) is 11.9. The number of benzene rings is 1. The number of nitrogens with zero attached hydrogens (tertiary/aromatic N) is 1. The molecule has 1 aromatic carbocycles.